The number of hydrogen-bond acceptors (Lipinski definition) is 5. The van der Waals surface area contributed by atoms with Crippen LogP contribution in [-0.4, -0.2) is 32.5 Å². The number of hydrogen-bond donors (Lipinski definition) is 3. The Balaban J connectivity index is 2.50. The van der Waals surface area contributed by atoms with Gasteiger partial charge in [-0.3, -0.25) is 5.32 Å². The maximum absolute atomic E-state index is 11.5. The lowest BCUT2D eigenvalue weighted by molar-refractivity contribution is -0.139. The van der Waals surface area contributed by atoms with Gasteiger partial charge in [-0.1, -0.05) is 13.3 Å². The second kappa shape index (κ2) is 6.14. The molecular formula is C9H14N4O3S. The molecule has 1 rings (SSSR count). The van der Waals surface area contributed by atoms with Crippen molar-refractivity contribution in [2.75, 3.05) is 5.32 Å². The van der Waals surface area contributed by atoms with Gasteiger partial charge in [0.1, 0.15) is 11.9 Å². The SMILES string of the molecule is CCCC(NC(=O)Nc1nc(C)ns1)C(=O)O. The topological polar surface area (TPSA) is 104 Å². The number of carboxylic acids is 1. The van der Waals surface area contributed by atoms with E-state index < -0.39 is 18.0 Å². The molecule has 8 heteroatoms. The number of nitrogens with zero attached hydrogens (tertiary/aromatic N) is 2. The molecule has 0 radical (unpaired) electrons. The number of aromatic nitrogens is 2. The molecule has 1 heterocycles. The third kappa shape index (κ3) is 4.35. The van der Waals surface area contributed by atoms with Gasteiger partial charge < -0.3 is 10.4 Å². The molecule has 0 saturated heterocycles. The highest BCUT2D eigenvalue weighted by Gasteiger charge is 2.19. The average Bonchev–Trinajstić information content (AvgIpc) is 2.63. The first-order valence-electron chi connectivity index (χ1n) is 5.13. The second-order valence-electron chi connectivity index (χ2n) is 3.42. The normalized spacial score (nSPS) is 11.9. The lowest BCUT2D eigenvalue weighted by atomic mass is 10.2. The molecule has 0 saturated carbocycles. The van der Waals surface area contributed by atoms with Crippen molar-refractivity contribution >= 4 is 28.7 Å². The highest BCUT2D eigenvalue weighted by molar-refractivity contribution is 7.09. The number of aryl methyl sites for hydroxylation is 1. The third-order valence-electron chi connectivity index (χ3n) is 1.93. The van der Waals surface area contributed by atoms with Crippen molar-refractivity contribution in [3.63, 3.8) is 0 Å². The number of anilines is 1. The Hall–Kier alpha value is -1.70. The molecule has 0 aromatic carbocycles. The molecule has 7 nitrogen and oxygen atoms in total. The van der Waals surface area contributed by atoms with Crippen LogP contribution in [0.2, 0.25) is 0 Å². The fraction of sp³-hybridized carbons (Fsp3) is 0.556. The molecule has 1 aromatic rings. The van der Waals surface area contributed by atoms with E-state index in [1.54, 1.807) is 6.92 Å². The number of carbonyl (C=O) groups excluding carboxylic acids is 1. The summed E-state index contributed by atoms with van der Waals surface area (Å²) in [6, 6.07) is -1.46. The molecule has 0 bridgehead atoms. The van der Waals surface area contributed by atoms with E-state index in [9.17, 15) is 9.59 Å². The van der Waals surface area contributed by atoms with Gasteiger partial charge >= 0.3 is 12.0 Å². The van der Waals surface area contributed by atoms with Crippen molar-refractivity contribution in [2.45, 2.75) is 32.7 Å². The van der Waals surface area contributed by atoms with Crippen molar-refractivity contribution in [1.82, 2.24) is 14.7 Å². The summed E-state index contributed by atoms with van der Waals surface area (Å²) in [5, 5.41) is 14.0. The van der Waals surface area contributed by atoms with Crippen LogP contribution < -0.4 is 10.6 Å². The van der Waals surface area contributed by atoms with Gasteiger partial charge in [0, 0.05) is 11.5 Å². The molecule has 3 N–H and O–H groups in total. The van der Waals surface area contributed by atoms with Gasteiger partial charge in [0.2, 0.25) is 5.13 Å². The Morgan fingerprint density at radius 1 is 1.53 bits per heavy atom. The molecular weight excluding hydrogens is 244 g/mol. The summed E-state index contributed by atoms with van der Waals surface area (Å²) in [7, 11) is 0. The molecule has 0 aliphatic carbocycles. The molecule has 17 heavy (non-hydrogen) atoms. The van der Waals surface area contributed by atoms with Crippen LogP contribution in [0.25, 0.3) is 0 Å². The van der Waals surface area contributed by atoms with Gasteiger partial charge in [0.05, 0.1) is 0 Å². The van der Waals surface area contributed by atoms with Crippen LogP contribution in [0.15, 0.2) is 0 Å². The van der Waals surface area contributed by atoms with E-state index in [2.05, 4.69) is 20.0 Å². The molecule has 94 valence electrons. The van der Waals surface area contributed by atoms with E-state index in [1.807, 2.05) is 6.92 Å². The highest BCUT2D eigenvalue weighted by atomic mass is 32.1. The first-order chi connectivity index (χ1) is 8.02. The molecule has 0 spiro atoms. The molecule has 1 aromatic heterocycles. The zero-order chi connectivity index (χ0) is 12.8. The van der Waals surface area contributed by atoms with E-state index in [-0.39, 0.29) is 0 Å². The molecule has 1 atom stereocenters. The van der Waals surface area contributed by atoms with Gasteiger partial charge in [-0.15, -0.1) is 0 Å². The summed E-state index contributed by atoms with van der Waals surface area (Å²) in [5.74, 6) is -0.482. The number of aliphatic carboxylic acids is 1. The van der Waals surface area contributed by atoms with E-state index in [0.717, 1.165) is 11.5 Å². The van der Waals surface area contributed by atoms with Crippen LogP contribution in [0.3, 0.4) is 0 Å². The fourth-order valence-corrected chi connectivity index (χ4v) is 1.76. The maximum atomic E-state index is 11.5. The number of carbonyl (C=O) groups is 2. The van der Waals surface area contributed by atoms with Crippen LogP contribution in [0.4, 0.5) is 9.93 Å². The van der Waals surface area contributed by atoms with Gasteiger partial charge in [-0.25, -0.2) is 14.6 Å². The third-order valence-corrected chi connectivity index (χ3v) is 2.65. The summed E-state index contributed by atoms with van der Waals surface area (Å²) in [6.07, 6.45) is 1.06. The first-order valence-corrected chi connectivity index (χ1v) is 5.91. The summed E-state index contributed by atoms with van der Waals surface area (Å²) in [6.45, 7) is 3.56. The van der Waals surface area contributed by atoms with Crippen molar-refractivity contribution < 1.29 is 14.7 Å². The Bertz CT molecular complexity index is 407. The van der Waals surface area contributed by atoms with Crippen molar-refractivity contribution in [3.05, 3.63) is 5.82 Å². The monoisotopic (exact) mass is 258 g/mol. The molecule has 1 unspecified atom stereocenters. The van der Waals surface area contributed by atoms with E-state index in [4.69, 9.17) is 5.11 Å². The Morgan fingerprint density at radius 2 is 2.24 bits per heavy atom. The zero-order valence-electron chi connectivity index (χ0n) is 9.56. The number of urea groups is 1. The first kappa shape index (κ1) is 13.4. The van der Waals surface area contributed by atoms with Crippen LogP contribution in [-0.2, 0) is 4.79 Å². The minimum absolute atomic E-state index is 0.348. The van der Waals surface area contributed by atoms with E-state index in [0.29, 0.717) is 23.8 Å². The average molecular weight is 258 g/mol. The van der Waals surface area contributed by atoms with Crippen molar-refractivity contribution in [2.24, 2.45) is 0 Å². The van der Waals surface area contributed by atoms with Crippen LogP contribution >= 0.6 is 11.5 Å². The van der Waals surface area contributed by atoms with Crippen molar-refractivity contribution in [3.8, 4) is 0 Å². The highest BCUT2D eigenvalue weighted by Crippen LogP contribution is 2.09. The number of rotatable bonds is 5. The second-order valence-corrected chi connectivity index (χ2v) is 4.18. The van der Waals surface area contributed by atoms with Crippen LogP contribution in [0, 0.1) is 6.92 Å². The maximum Gasteiger partial charge on any atom is 0.326 e. The fourth-order valence-electron chi connectivity index (χ4n) is 1.19. The quantitative estimate of drug-likeness (QED) is 0.736. The number of nitrogens with one attached hydrogen (secondary N) is 2. The Kier molecular flexibility index (Phi) is 4.83. The Labute approximate surface area is 102 Å². The lowest BCUT2D eigenvalue weighted by Crippen LogP contribution is -2.42. The predicted octanol–water partition coefficient (Wildman–Crippen LogP) is 1.22. The smallest absolute Gasteiger partial charge is 0.326 e. The van der Waals surface area contributed by atoms with Crippen LogP contribution in [0.1, 0.15) is 25.6 Å². The van der Waals surface area contributed by atoms with Crippen molar-refractivity contribution in [1.29, 1.82) is 0 Å². The van der Waals surface area contributed by atoms with Gasteiger partial charge in [0.25, 0.3) is 0 Å². The molecule has 0 aliphatic rings. The number of amides is 2. The minimum atomic E-state index is -1.05. The van der Waals surface area contributed by atoms with Gasteiger partial charge in [-0.2, -0.15) is 4.37 Å². The lowest BCUT2D eigenvalue weighted by Gasteiger charge is -2.12. The Morgan fingerprint density at radius 3 is 2.71 bits per heavy atom. The van der Waals surface area contributed by atoms with Gasteiger partial charge in [-0.05, 0) is 13.3 Å². The summed E-state index contributed by atoms with van der Waals surface area (Å²) < 4.78 is 3.89. The predicted molar refractivity (Wildman–Crippen MR) is 63.1 cm³/mol. The molecule has 0 fully saturated rings. The van der Waals surface area contributed by atoms with E-state index in [1.165, 1.54) is 0 Å². The minimum Gasteiger partial charge on any atom is -0.480 e. The zero-order valence-corrected chi connectivity index (χ0v) is 10.4. The number of carboxylic acid groups (broad SMARTS) is 1. The summed E-state index contributed by atoms with van der Waals surface area (Å²) in [4.78, 5) is 26.2. The summed E-state index contributed by atoms with van der Waals surface area (Å²) in [5.41, 5.74) is 0. The molecule has 2 amide bonds. The summed E-state index contributed by atoms with van der Waals surface area (Å²) >= 11 is 1.05. The van der Waals surface area contributed by atoms with Gasteiger partial charge in [0.15, 0.2) is 0 Å². The van der Waals surface area contributed by atoms with Crippen LogP contribution in [0.5, 0.6) is 0 Å². The largest absolute Gasteiger partial charge is 0.480 e. The van der Waals surface area contributed by atoms with E-state index >= 15 is 0 Å². The molecule has 0 aliphatic heterocycles. The standard InChI is InChI=1S/C9H14N4O3S/c1-3-4-6(7(14)15)11-8(16)12-9-10-5(2)13-17-9/h6H,3-4H2,1-2H3,(H,14,15)(H2,10,11,12,13,16).